The summed E-state index contributed by atoms with van der Waals surface area (Å²) >= 11 is 0. The van der Waals surface area contributed by atoms with Crippen LogP contribution in [0.2, 0.25) is 0 Å². The highest BCUT2D eigenvalue weighted by Crippen LogP contribution is 2.35. The fraction of sp³-hybridized carbons (Fsp3) is 0.228. The molecular weight excluding hydrogens is 809 g/mol. The molecule has 0 atom stereocenters. The van der Waals surface area contributed by atoms with E-state index in [1.54, 1.807) is 12.1 Å². The van der Waals surface area contributed by atoms with Gasteiger partial charge in [0.25, 0.3) is 0 Å². The summed E-state index contributed by atoms with van der Waals surface area (Å²) in [7, 11) is 0. The van der Waals surface area contributed by atoms with Gasteiger partial charge in [-0.05, 0) is 135 Å². The molecule has 8 nitrogen and oxygen atoms in total. The Labute approximate surface area is 381 Å². The van der Waals surface area contributed by atoms with Gasteiger partial charge in [-0.2, -0.15) is 0 Å². The van der Waals surface area contributed by atoms with Crippen molar-refractivity contribution >= 4 is 46.0 Å². The summed E-state index contributed by atoms with van der Waals surface area (Å²) in [5.41, 5.74) is 15.2. The number of ketones is 2. The Morgan fingerprint density at radius 1 is 0.477 bits per heavy atom. The van der Waals surface area contributed by atoms with E-state index in [2.05, 4.69) is 9.80 Å². The maximum absolute atomic E-state index is 14.2. The van der Waals surface area contributed by atoms with Crippen molar-refractivity contribution in [2.45, 2.75) is 60.8 Å². The molecule has 65 heavy (non-hydrogen) atoms. The van der Waals surface area contributed by atoms with Crippen molar-refractivity contribution in [3.63, 3.8) is 0 Å². The van der Waals surface area contributed by atoms with Gasteiger partial charge in [0.2, 0.25) is 0 Å². The highest BCUT2D eigenvalue weighted by molar-refractivity contribution is 6.31. The van der Waals surface area contributed by atoms with E-state index in [0.29, 0.717) is 54.6 Å². The topological polar surface area (TPSA) is 93.2 Å². The lowest BCUT2D eigenvalue weighted by Crippen LogP contribution is -2.17. The molecule has 0 aliphatic carbocycles. The number of carbonyl (C=O) groups is 4. The molecule has 8 rings (SSSR count). The zero-order chi connectivity index (χ0) is 45.8. The maximum atomic E-state index is 14.2. The summed E-state index contributed by atoms with van der Waals surface area (Å²) in [5, 5.41) is 0. The first-order valence-corrected chi connectivity index (χ1v) is 22.3. The summed E-state index contributed by atoms with van der Waals surface area (Å²) in [6, 6.07) is 38.7. The molecule has 2 aliphatic rings. The van der Waals surface area contributed by atoms with Crippen LogP contribution in [0.1, 0.15) is 103 Å². The molecule has 0 N–H and O–H groups in total. The Morgan fingerprint density at radius 2 is 0.846 bits per heavy atom. The Morgan fingerprint density at radius 3 is 1.22 bits per heavy atom. The monoisotopic (exact) mass is 862 g/mol. The fourth-order valence-corrected chi connectivity index (χ4v) is 9.35. The van der Waals surface area contributed by atoms with Crippen LogP contribution in [0.5, 0.6) is 0 Å². The minimum absolute atomic E-state index is 0.0230. The van der Waals surface area contributed by atoms with Crippen LogP contribution >= 0.6 is 0 Å². The van der Waals surface area contributed by atoms with Gasteiger partial charge in [0.15, 0.2) is 11.6 Å². The van der Waals surface area contributed by atoms with Crippen molar-refractivity contribution in [2.75, 3.05) is 36.1 Å². The second kappa shape index (κ2) is 19.2. The second-order valence-electron chi connectivity index (χ2n) is 17.2. The molecular formula is C57H54N2O6. The summed E-state index contributed by atoms with van der Waals surface area (Å²) in [4.78, 5) is 58.9. The number of nitrogens with zero attached hydrogens (tertiary/aromatic N) is 2. The average Bonchev–Trinajstić information content (AvgIpc) is 3.89. The molecule has 2 heterocycles. The van der Waals surface area contributed by atoms with Crippen molar-refractivity contribution in [2.24, 2.45) is 0 Å². The fourth-order valence-electron chi connectivity index (χ4n) is 9.35. The summed E-state index contributed by atoms with van der Waals surface area (Å²) in [5.74, 6) is -0.940. The first kappa shape index (κ1) is 44.3. The minimum atomic E-state index is -0.447. The van der Waals surface area contributed by atoms with E-state index in [-0.39, 0.29) is 24.8 Å². The SMILES string of the molecule is Cc1cc(C)c(C(=O)/C(=C\N2CCc3cc(C(=O)OCCCOC(=O)c4ccc5c(c4)CCN5/C=C(/C(=O)c4c(C)cc(C)cc4C)c4ccccc4)ccc32)c2ccccc2)c(C)c1. The Kier molecular flexibility index (Phi) is 13.1. The van der Waals surface area contributed by atoms with Crippen molar-refractivity contribution in [1.29, 1.82) is 0 Å². The van der Waals surface area contributed by atoms with Crippen molar-refractivity contribution < 1.29 is 28.7 Å². The minimum Gasteiger partial charge on any atom is -0.462 e. The lowest BCUT2D eigenvalue weighted by Gasteiger charge is -2.19. The van der Waals surface area contributed by atoms with Gasteiger partial charge in [0, 0.05) is 65.6 Å². The van der Waals surface area contributed by atoms with Crippen LogP contribution in [-0.4, -0.2) is 49.8 Å². The number of anilines is 2. The van der Waals surface area contributed by atoms with Crippen LogP contribution in [-0.2, 0) is 22.3 Å². The predicted molar refractivity (Wildman–Crippen MR) is 259 cm³/mol. The molecule has 0 aromatic heterocycles. The highest BCUT2D eigenvalue weighted by Gasteiger charge is 2.27. The molecule has 8 heteroatoms. The van der Waals surface area contributed by atoms with Crippen LogP contribution < -0.4 is 9.80 Å². The molecule has 0 saturated carbocycles. The van der Waals surface area contributed by atoms with Crippen molar-refractivity contribution in [3.8, 4) is 0 Å². The number of benzene rings is 6. The molecule has 6 aromatic carbocycles. The Balaban J connectivity index is 0.873. The van der Waals surface area contributed by atoms with Gasteiger partial charge < -0.3 is 19.3 Å². The number of esters is 2. The lowest BCUT2D eigenvalue weighted by molar-refractivity contribution is 0.0395. The third kappa shape index (κ3) is 9.63. The molecule has 0 saturated heterocycles. The third-order valence-electron chi connectivity index (χ3n) is 12.3. The van der Waals surface area contributed by atoms with Gasteiger partial charge in [0.1, 0.15) is 0 Å². The zero-order valence-electron chi connectivity index (χ0n) is 38.0. The second-order valence-corrected chi connectivity index (χ2v) is 17.2. The average molecular weight is 863 g/mol. The molecule has 0 amide bonds. The lowest BCUT2D eigenvalue weighted by atomic mass is 9.90. The molecule has 328 valence electrons. The van der Waals surface area contributed by atoms with E-state index in [1.165, 1.54) is 0 Å². The van der Waals surface area contributed by atoms with Gasteiger partial charge in [-0.15, -0.1) is 0 Å². The van der Waals surface area contributed by atoms with E-state index in [9.17, 15) is 19.2 Å². The molecule has 2 aliphatic heterocycles. The standard InChI is InChI=1S/C57H54N2O6/c1-36-28-38(3)52(39(4)29-36)54(60)48(42-14-9-7-10-15-42)34-58-24-22-44-32-46(18-20-50(44)58)56(62)64-26-13-27-65-57(63)47-19-21-51-45(33-47)23-25-59(51)35-49(43-16-11-8-12-17-43)55(61)53-40(5)30-37(2)31-41(53)6/h7-12,14-21,28-35H,13,22-27H2,1-6H3/b48-34-,49-35+. The normalized spacial score (nSPS) is 13.4. The largest absolute Gasteiger partial charge is 0.462 e. The number of aryl methyl sites for hydroxylation is 6. The van der Waals surface area contributed by atoms with Crippen LogP contribution in [0, 0.1) is 41.5 Å². The van der Waals surface area contributed by atoms with Gasteiger partial charge in [0.05, 0.1) is 24.3 Å². The summed E-state index contributed by atoms with van der Waals surface area (Å²) in [6.07, 6.45) is 5.65. The highest BCUT2D eigenvalue weighted by atomic mass is 16.5. The first-order chi connectivity index (χ1) is 31.4. The quantitative estimate of drug-likeness (QED) is 0.0463. The van der Waals surface area contributed by atoms with E-state index >= 15 is 0 Å². The van der Waals surface area contributed by atoms with Crippen LogP contribution in [0.25, 0.3) is 11.1 Å². The number of ether oxygens (including phenoxy) is 2. The van der Waals surface area contributed by atoms with E-state index in [0.717, 1.165) is 78.1 Å². The molecule has 0 spiro atoms. The van der Waals surface area contributed by atoms with E-state index in [4.69, 9.17) is 9.47 Å². The summed E-state index contributed by atoms with van der Waals surface area (Å²) < 4.78 is 11.2. The number of hydrogen-bond donors (Lipinski definition) is 0. The summed E-state index contributed by atoms with van der Waals surface area (Å²) in [6.45, 7) is 13.5. The first-order valence-electron chi connectivity index (χ1n) is 22.3. The van der Waals surface area contributed by atoms with Crippen molar-refractivity contribution in [3.05, 3.63) is 212 Å². The van der Waals surface area contributed by atoms with E-state index < -0.39 is 11.9 Å². The van der Waals surface area contributed by atoms with E-state index in [1.807, 2.05) is 163 Å². The maximum Gasteiger partial charge on any atom is 0.338 e. The molecule has 6 aromatic rings. The van der Waals surface area contributed by atoms with Crippen LogP contribution in [0.3, 0.4) is 0 Å². The number of rotatable bonds is 14. The van der Waals surface area contributed by atoms with Gasteiger partial charge >= 0.3 is 11.9 Å². The smallest absolute Gasteiger partial charge is 0.338 e. The number of allylic oxidation sites excluding steroid dienone is 2. The predicted octanol–water partition coefficient (Wildman–Crippen LogP) is 11.5. The van der Waals surface area contributed by atoms with Gasteiger partial charge in [-0.3, -0.25) is 9.59 Å². The zero-order valence-corrected chi connectivity index (χ0v) is 38.0. The number of fused-ring (bicyclic) bond motifs is 2. The molecule has 0 fully saturated rings. The number of Topliss-reactive ketones (excluding diaryl/α,β-unsaturated/α-hetero) is 2. The number of hydrogen-bond acceptors (Lipinski definition) is 8. The number of carbonyl (C=O) groups excluding carboxylic acids is 4. The van der Waals surface area contributed by atoms with Gasteiger partial charge in [-0.1, -0.05) is 96.1 Å². The third-order valence-corrected chi connectivity index (χ3v) is 12.3. The molecule has 0 radical (unpaired) electrons. The van der Waals surface area contributed by atoms with Crippen LogP contribution in [0.4, 0.5) is 11.4 Å². The molecule has 0 unspecified atom stereocenters. The van der Waals surface area contributed by atoms with Crippen molar-refractivity contribution in [1.82, 2.24) is 0 Å². The molecule has 0 bridgehead atoms. The van der Waals surface area contributed by atoms with Gasteiger partial charge in [-0.25, -0.2) is 9.59 Å². The van der Waals surface area contributed by atoms with Crippen LogP contribution in [0.15, 0.2) is 134 Å². The Hall–Kier alpha value is -7.32. The Bertz CT molecular complexity index is 2650.